The standard InChI is InChI=1S/C14H20O/c1-10(2)11-6-8-13(9-7-11)14(15)12-4-3-5-12/h6-10,12,14-15H,3-5H2,1-2H3. The SMILES string of the molecule is CC(C)c1ccc(C(O)C2CCC2)cc1. The van der Waals surface area contributed by atoms with Crippen molar-refractivity contribution in [2.24, 2.45) is 5.92 Å². The summed E-state index contributed by atoms with van der Waals surface area (Å²) < 4.78 is 0. The first-order valence-corrected chi connectivity index (χ1v) is 5.96. The monoisotopic (exact) mass is 204 g/mol. The summed E-state index contributed by atoms with van der Waals surface area (Å²) in [6, 6.07) is 8.44. The lowest BCUT2D eigenvalue weighted by atomic mass is 9.78. The molecule has 1 heteroatoms. The Bertz CT molecular complexity index is 309. The van der Waals surface area contributed by atoms with Crippen LogP contribution < -0.4 is 0 Å². The lowest BCUT2D eigenvalue weighted by molar-refractivity contribution is 0.0621. The van der Waals surface area contributed by atoms with Crippen LogP contribution in [0.1, 0.15) is 56.3 Å². The lowest BCUT2D eigenvalue weighted by Gasteiger charge is -2.30. The molecule has 15 heavy (non-hydrogen) atoms. The minimum Gasteiger partial charge on any atom is -0.388 e. The minimum atomic E-state index is -0.236. The molecule has 1 fully saturated rings. The molecule has 0 aromatic heterocycles. The zero-order valence-corrected chi connectivity index (χ0v) is 9.61. The van der Waals surface area contributed by atoms with Crippen LogP contribution in [-0.2, 0) is 0 Å². The summed E-state index contributed by atoms with van der Waals surface area (Å²) in [5.74, 6) is 1.08. The zero-order chi connectivity index (χ0) is 10.8. The van der Waals surface area contributed by atoms with Crippen molar-refractivity contribution in [3.05, 3.63) is 35.4 Å². The van der Waals surface area contributed by atoms with E-state index in [2.05, 4.69) is 38.1 Å². The van der Waals surface area contributed by atoms with E-state index in [4.69, 9.17) is 0 Å². The van der Waals surface area contributed by atoms with Crippen molar-refractivity contribution in [2.75, 3.05) is 0 Å². The van der Waals surface area contributed by atoms with Crippen molar-refractivity contribution in [3.63, 3.8) is 0 Å². The van der Waals surface area contributed by atoms with Crippen molar-refractivity contribution in [1.29, 1.82) is 0 Å². The Morgan fingerprint density at radius 2 is 1.60 bits per heavy atom. The molecule has 1 unspecified atom stereocenters. The molecule has 1 N–H and O–H groups in total. The second-order valence-corrected chi connectivity index (χ2v) is 4.96. The van der Waals surface area contributed by atoms with E-state index < -0.39 is 0 Å². The number of benzene rings is 1. The predicted molar refractivity (Wildman–Crippen MR) is 62.8 cm³/mol. The Kier molecular flexibility index (Phi) is 3.11. The molecule has 0 amide bonds. The summed E-state index contributed by atoms with van der Waals surface area (Å²) in [5, 5.41) is 10.1. The van der Waals surface area contributed by atoms with Gasteiger partial charge in [-0.25, -0.2) is 0 Å². The Balaban J connectivity index is 2.08. The lowest BCUT2D eigenvalue weighted by Crippen LogP contribution is -2.19. The van der Waals surface area contributed by atoms with Gasteiger partial charge in [0.05, 0.1) is 6.10 Å². The van der Waals surface area contributed by atoms with Crippen LogP contribution in [0.15, 0.2) is 24.3 Å². The van der Waals surface area contributed by atoms with E-state index in [1.165, 1.54) is 24.8 Å². The van der Waals surface area contributed by atoms with E-state index in [1.807, 2.05) is 0 Å². The Labute approximate surface area is 92.1 Å². The highest BCUT2D eigenvalue weighted by Crippen LogP contribution is 2.37. The number of aliphatic hydroxyl groups is 1. The molecule has 1 atom stereocenters. The highest BCUT2D eigenvalue weighted by Gasteiger charge is 2.26. The van der Waals surface area contributed by atoms with Gasteiger partial charge in [0.15, 0.2) is 0 Å². The number of hydrogen-bond acceptors (Lipinski definition) is 1. The maximum Gasteiger partial charge on any atom is 0.0818 e. The maximum atomic E-state index is 10.1. The van der Waals surface area contributed by atoms with Crippen LogP contribution in [0.5, 0.6) is 0 Å². The van der Waals surface area contributed by atoms with Crippen LogP contribution in [0.4, 0.5) is 0 Å². The predicted octanol–water partition coefficient (Wildman–Crippen LogP) is 3.64. The van der Waals surface area contributed by atoms with Crippen LogP contribution >= 0.6 is 0 Å². The Morgan fingerprint density at radius 1 is 1.07 bits per heavy atom. The van der Waals surface area contributed by atoms with Gasteiger partial charge in [0.2, 0.25) is 0 Å². The van der Waals surface area contributed by atoms with Crippen molar-refractivity contribution >= 4 is 0 Å². The molecular formula is C14H20O. The largest absolute Gasteiger partial charge is 0.388 e. The zero-order valence-electron chi connectivity index (χ0n) is 9.61. The first-order valence-electron chi connectivity index (χ1n) is 5.96. The molecule has 0 spiro atoms. The van der Waals surface area contributed by atoms with Gasteiger partial charge in [0.25, 0.3) is 0 Å². The van der Waals surface area contributed by atoms with Gasteiger partial charge in [-0.1, -0.05) is 44.5 Å². The van der Waals surface area contributed by atoms with Crippen molar-refractivity contribution in [3.8, 4) is 0 Å². The number of rotatable bonds is 3. The summed E-state index contributed by atoms with van der Waals surface area (Å²) in [6.07, 6.45) is 3.42. The van der Waals surface area contributed by atoms with Crippen LogP contribution in [0.25, 0.3) is 0 Å². The van der Waals surface area contributed by atoms with E-state index in [1.54, 1.807) is 0 Å². The second kappa shape index (κ2) is 4.36. The highest BCUT2D eigenvalue weighted by atomic mass is 16.3. The van der Waals surface area contributed by atoms with Crippen LogP contribution in [0, 0.1) is 5.92 Å². The molecule has 1 aromatic carbocycles. The van der Waals surface area contributed by atoms with Gasteiger partial charge in [-0.05, 0) is 35.8 Å². The average molecular weight is 204 g/mol. The molecule has 1 saturated carbocycles. The third kappa shape index (κ3) is 2.23. The summed E-state index contributed by atoms with van der Waals surface area (Å²) in [6.45, 7) is 4.38. The smallest absolute Gasteiger partial charge is 0.0818 e. The topological polar surface area (TPSA) is 20.2 Å². The summed E-state index contributed by atoms with van der Waals surface area (Å²) in [5.41, 5.74) is 2.43. The van der Waals surface area contributed by atoms with Crippen LogP contribution in [-0.4, -0.2) is 5.11 Å². The van der Waals surface area contributed by atoms with E-state index in [9.17, 15) is 5.11 Å². The fourth-order valence-electron chi connectivity index (χ4n) is 2.11. The minimum absolute atomic E-state index is 0.236. The molecular weight excluding hydrogens is 184 g/mol. The Morgan fingerprint density at radius 3 is 2.00 bits per heavy atom. The third-order valence-electron chi connectivity index (χ3n) is 3.54. The van der Waals surface area contributed by atoms with E-state index in [0.717, 1.165) is 5.56 Å². The molecule has 0 aliphatic heterocycles. The maximum absolute atomic E-state index is 10.1. The first kappa shape index (κ1) is 10.7. The molecule has 82 valence electrons. The molecule has 0 saturated heterocycles. The molecule has 1 aromatic rings. The van der Waals surface area contributed by atoms with Gasteiger partial charge in [-0.15, -0.1) is 0 Å². The quantitative estimate of drug-likeness (QED) is 0.797. The molecule has 1 nitrogen and oxygen atoms in total. The van der Waals surface area contributed by atoms with Gasteiger partial charge < -0.3 is 5.11 Å². The van der Waals surface area contributed by atoms with E-state index in [0.29, 0.717) is 11.8 Å². The second-order valence-electron chi connectivity index (χ2n) is 4.96. The van der Waals surface area contributed by atoms with Gasteiger partial charge in [0.1, 0.15) is 0 Å². The Hall–Kier alpha value is -0.820. The molecule has 1 aliphatic rings. The van der Waals surface area contributed by atoms with Crippen molar-refractivity contribution in [1.82, 2.24) is 0 Å². The molecule has 0 radical (unpaired) electrons. The van der Waals surface area contributed by atoms with Crippen molar-refractivity contribution in [2.45, 2.75) is 45.1 Å². The van der Waals surface area contributed by atoms with E-state index in [-0.39, 0.29) is 6.10 Å². The normalized spacial score (nSPS) is 18.9. The summed E-state index contributed by atoms with van der Waals surface area (Å²) in [4.78, 5) is 0. The number of aliphatic hydroxyl groups excluding tert-OH is 1. The molecule has 1 aliphatic carbocycles. The molecule has 0 heterocycles. The van der Waals surface area contributed by atoms with Crippen LogP contribution in [0.2, 0.25) is 0 Å². The summed E-state index contributed by atoms with van der Waals surface area (Å²) in [7, 11) is 0. The summed E-state index contributed by atoms with van der Waals surface area (Å²) >= 11 is 0. The molecule has 0 bridgehead atoms. The van der Waals surface area contributed by atoms with Gasteiger partial charge in [-0.2, -0.15) is 0 Å². The fraction of sp³-hybridized carbons (Fsp3) is 0.571. The van der Waals surface area contributed by atoms with Crippen LogP contribution in [0.3, 0.4) is 0 Å². The van der Waals surface area contributed by atoms with Gasteiger partial charge in [-0.3, -0.25) is 0 Å². The first-order chi connectivity index (χ1) is 7.18. The van der Waals surface area contributed by atoms with E-state index >= 15 is 0 Å². The highest BCUT2D eigenvalue weighted by molar-refractivity contribution is 5.26. The third-order valence-corrected chi connectivity index (χ3v) is 3.54. The van der Waals surface area contributed by atoms with Gasteiger partial charge >= 0.3 is 0 Å². The van der Waals surface area contributed by atoms with Crippen molar-refractivity contribution < 1.29 is 5.11 Å². The average Bonchev–Trinajstić information content (AvgIpc) is 2.15. The number of hydrogen-bond donors (Lipinski definition) is 1. The van der Waals surface area contributed by atoms with Gasteiger partial charge in [0, 0.05) is 0 Å². The molecule has 2 rings (SSSR count). The fourth-order valence-corrected chi connectivity index (χ4v) is 2.11.